The lowest BCUT2D eigenvalue weighted by Crippen LogP contribution is -2.39. The Hall–Kier alpha value is -2.66. The molecule has 0 radical (unpaired) electrons. The summed E-state index contributed by atoms with van der Waals surface area (Å²) >= 11 is 0. The molecule has 2 unspecified atom stereocenters. The van der Waals surface area contributed by atoms with E-state index in [1.54, 1.807) is 6.07 Å². The van der Waals surface area contributed by atoms with E-state index >= 15 is 0 Å². The average Bonchev–Trinajstić information content (AvgIpc) is 3.45. The fourth-order valence-electron chi connectivity index (χ4n) is 3.92. The summed E-state index contributed by atoms with van der Waals surface area (Å²) in [6.45, 7) is 3.36. The van der Waals surface area contributed by atoms with Crippen molar-refractivity contribution < 1.29 is 14.3 Å². The van der Waals surface area contributed by atoms with Crippen LogP contribution in [0.15, 0.2) is 54.6 Å². The van der Waals surface area contributed by atoms with Crippen LogP contribution in [0.25, 0.3) is 0 Å². The van der Waals surface area contributed by atoms with E-state index in [4.69, 9.17) is 4.74 Å². The highest BCUT2D eigenvalue weighted by Gasteiger charge is 2.34. The Morgan fingerprint density at radius 1 is 1.10 bits per heavy atom. The highest BCUT2D eigenvalue weighted by molar-refractivity contribution is 5.98. The summed E-state index contributed by atoms with van der Waals surface area (Å²) in [6.07, 6.45) is 3.62. The van der Waals surface area contributed by atoms with Crippen LogP contribution >= 0.6 is 0 Å². The Morgan fingerprint density at radius 3 is 2.59 bits per heavy atom. The molecule has 5 heteroatoms. The Bertz CT molecular complexity index is 857. The van der Waals surface area contributed by atoms with Gasteiger partial charge in [0.25, 0.3) is 11.8 Å². The largest absolute Gasteiger partial charge is 0.368 e. The van der Waals surface area contributed by atoms with E-state index in [1.807, 2.05) is 41.3 Å². The second-order valence-corrected chi connectivity index (χ2v) is 8.07. The fraction of sp³-hybridized carbons (Fsp3) is 0.417. The first-order valence-electron chi connectivity index (χ1n) is 10.5. The van der Waals surface area contributed by atoms with Crippen LogP contribution in [0.4, 0.5) is 5.69 Å². The van der Waals surface area contributed by atoms with Crippen molar-refractivity contribution in [3.05, 3.63) is 65.7 Å². The van der Waals surface area contributed by atoms with Gasteiger partial charge in [-0.15, -0.1) is 0 Å². The highest BCUT2D eigenvalue weighted by Crippen LogP contribution is 2.36. The van der Waals surface area contributed by atoms with Crippen LogP contribution in [-0.2, 0) is 16.1 Å². The number of carbonyl (C=O) groups excluding carboxylic acids is 2. The molecule has 1 aliphatic carbocycles. The van der Waals surface area contributed by atoms with Crippen LogP contribution in [0.2, 0.25) is 0 Å². The van der Waals surface area contributed by atoms with E-state index in [0.29, 0.717) is 30.3 Å². The van der Waals surface area contributed by atoms with Crippen molar-refractivity contribution >= 4 is 17.5 Å². The van der Waals surface area contributed by atoms with Gasteiger partial charge in [-0.2, -0.15) is 0 Å². The topological polar surface area (TPSA) is 58.6 Å². The quantitative estimate of drug-likeness (QED) is 0.767. The normalized spacial score (nSPS) is 19.6. The van der Waals surface area contributed by atoms with Gasteiger partial charge in [-0.05, 0) is 62.3 Å². The smallest absolute Gasteiger partial charge is 0.254 e. The van der Waals surface area contributed by atoms with Gasteiger partial charge in [-0.25, -0.2) is 0 Å². The fourth-order valence-corrected chi connectivity index (χ4v) is 3.92. The maximum absolute atomic E-state index is 13.4. The minimum absolute atomic E-state index is 0.00136. The molecule has 1 N–H and O–H groups in total. The number of amides is 2. The molecule has 29 heavy (non-hydrogen) atoms. The molecular formula is C24H28N2O3. The zero-order valence-corrected chi connectivity index (χ0v) is 16.8. The van der Waals surface area contributed by atoms with Crippen molar-refractivity contribution in [3.63, 3.8) is 0 Å². The molecule has 0 aromatic heterocycles. The van der Waals surface area contributed by atoms with Gasteiger partial charge in [0.1, 0.15) is 6.10 Å². The lowest BCUT2D eigenvalue weighted by atomic mass is 10.1. The van der Waals surface area contributed by atoms with Gasteiger partial charge in [-0.3, -0.25) is 9.59 Å². The van der Waals surface area contributed by atoms with Crippen molar-refractivity contribution in [2.75, 3.05) is 11.9 Å². The van der Waals surface area contributed by atoms with Crippen LogP contribution in [0.5, 0.6) is 0 Å². The number of anilines is 1. The molecule has 2 aliphatic rings. The predicted molar refractivity (Wildman–Crippen MR) is 113 cm³/mol. The highest BCUT2D eigenvalue weighted by atomic mass is 16.5. The van der Waals surface area contributed by atoms with Crippen LogP contribution in [-0.4, -0.2) is 35.5 Å². The molecule has 4 rings (SSSR count). The lowest BCUT2D eigenvalue weighted by molar-refractivity contribution is -0.124. The maximum atomic E-state index is 13.4. The van der Waals surface area contributed by atoms with Crippen LogP contribution in [0.1, 0.15) is 48.5 Å². The minimum atomic E-state index is -0.390. The lowest BCUT2D eigenvalue weighted by Gasteiger charge is -2.30. The van der Waals surface area contributed by atoms with Crippen LogP contribution in [0, 0.1) is 5.92 Å². The molecule has 2 amide bonds. The van der Waals surface area contributed by atoms with Crippen molar-refractivity contribution in [2.24, 2.45) is 5.92 Å². The summed E-state index contributed by atoms with van der Waals surface area (Å²) < 4.78 is 5.45. The summed E-state index contributed by atoms with van der Waals surface area (Å²) in [4.78, 5) is 27.7. The molecule has 152 valence electrons. The summed E-state index contributed by atoms with van der Waals surface area (Å²) in [5.74, 6) is 0.436. The average molecular weight is 392 g/mol. The van der Waals surface area contributed by atoms with E-state index in [0.717, 1.165) is 18.4 Å². The molecular weight excluding hydrogens is 364 g/mol. The van der Waals surface area contributed by atoms with Gasteiger partial charge in [0.2, 0.25) is 0 Å². The molecule has 2 fully saturated rings. The number of nitrogens with zero attached hydrogens (tertiary/aromatic N) is 1. The van der Waals surface area contributed by atoms with Crippen molar-refractivity contribution in [3.8, 4) is 0 Å². The Labute approximate surface area is 172 Å². The summed E-state index contributed by atoms with van der Waals surface area (Å²) in [7, 11) is 0. The number of hydrogen-bond acceptors (Lipinski definition) is 3. The molecule has 5 nitrogen and oxygen atoms in total. The number of rotatable bonds is 7. The molecule has 0 bridgehead atoms. The van der Waals surface area contributed by atoms with E-state index < -0.39 is 0 Å². The molecule has 1 saturated heterocycles. The van der Waals surface area contributed by atoms with E-state index in [2.05, 4.69) is 24.4 Å². The molecule has 1 aliphatic heterocycles. The van der Waals surface area contributed by atoms with Crippen molar-refractivity contribution in [1.82, 2.24) is 4.90 Å². The van der Waals surface area contributed by atoms with E-state index in [-0.39, 0.29) is 24.0 Å². The molecule has 2 aromatic rings. The van der Waals surface area contributed by atoms with Gasteiger partial charge in [0, 0.05) is 30.4 Å². The van der Waals surface area contributed by atoms with Crippen molar-refractivity contribution in [2.45, 2.75) is 51.3 Å². The van der Waals surface area contributed by atoms with Gasteiger partial charge in [0.05, 0.1) is 0 Å². The van der Waals surface area contributed by atoms with Crippen LogP contribution < -0.4 is 5.32 Å². The van der Waals surface area contributed by atoms with Crippen LogP contribution in [0.3, 0.4) is 0 Å². The van der Waals surface area contributed by atoms with Crippen molar-refractivity contribution in [1.29, 1.82) is 0 Å². The number of hydrogen-bond donors (Lipinski definition) is 1. The first-order valence-corrected chi connectivity index (χ1v) is 10.5. The van der Waals surface area contributed by atoms with Gasteiger partial charge >= 0.3 is 0 Å². The zero-order chi connectivity index (χ0) is 20.2. The molecule has 2 atom stereocenters. The second-order valence-electron chi connectivity index (χ2n) is 8.07. The maximum Gasteiger partial charge on any atom is 0.254 e. The Balaban J connectivity index is 1.51. The third-order valence-corrected chi connectivity index (χ3v) is 5.85. The molecule has 0 spiro atoms. The van der Waals surface area contributed by atoms with Gasteiger partial charge in [-0.1, -0.05) is 36.4 Å². The number of benzene rings is 2. The molecule has 1 heterocycles. The van der Waals surface area contributed by atoms with E-state index in [1.165, 1.54) is 12.8 Å². The summed E-state index contributed by atoms with van der Waals surface area (Å²) in [5.41, 5.74) is 2.35. The first-order chi connectivity index (χ1) is 14.1. The standard InChI is InChI=1S/C24H28N2O3/c1-17(19-12-13-19)26(16-18-7-3-2-4-8-18)24(28)20-9-5-10-21(15-20)25-23(27)22-11-6-14-29-22/h2-5,7-10,15,17,19,22H,6,11-14,16H2,1H3,(H,25,27). The molecule has 2 aromatic carbocycles. The zero-order valence-electron chi connectivity index (χ0n) is 16.8. The number of ether oxygens (including phenoxy) is 1. The van der Waals surface area contributed by atoms with Gasteiger partial charge < -0.3 is 15.0 Å². The Morgan fingerprint density at radius 2 is 1.90 bits per heavy atom. The second kappa shape index (κ2) is 8.78. The molecule has 1 saturated carbocycles. The predicted octanol–water partition coefficient (Wildman–Crippen LogP) is 4.25. The Kier molecular flexibility index (Phi) is 5.95. The van der Waals surface area contributed by atoms with Gasteiger partial charge in [0.15, 0.2) is 0 Å². The third kappa shape index (κ3) is 4.85. The SMILES string of the molecule is CC(C1CC1)N(Cc1ccccc1)C(=O)c1cccc(NC(=O)C2CCCO2)c1. The first kappa shape index (κ1) is 19.6. The number of carbonyl (C=O) groups is 2. The van der Waals surface area contributed by atoms with E-state index in [9.17, 15) is 9.59 Å². The minimum Gasteiger partial charge on any atom is -0.368 e. The monoisotopic (exact) mass is 392 g/mol. The summed E-state index contributed by atoms with van der Waals surface area (Å²) in [5, 5.41) is 2.90. The number of nitrogens with one attached hydrogen (secondary N) is 1. The summed E-state index contributed by atoms with van der Waals surface area (Å²) in [6, 6.07) is 17.5. The third-order valence-electron chi connectivity index (χ3n) is 5.85.